The summed E-state index contributed by atoms with van der Waals surface area (Å²) in [5, 5.41) is 12.7. The van der Waals surface area contributed by atoms with Crippen LogP contribution in [-0.2, 0) is 0 Å². The molecule has 1 heterocycles. The molecule has 0 radical (unpaired) electrons. The lowest BCUT2D eigenvalue weighted by atomic mass is 9.90. The second kappa shape index (κ2) is 4.73. The Morgan fingerprint density at radius 2 is 2.36 bits per heavy atom. The molecule has 0 aromatic heterocycles. The maximum absolute atomic E-state index is 9.53. The monoisotopic (exact) mass is 157 g/mol. The standard InChI is InChI=1S/C9H19NO/c1-2-3-4-8-5-6-10-7-9(8)11/h8-11H,2-7H2,1H3/t8?,9-/m0/s1. The van der Waals surface area contributed by atoms with E-state index in [1.165, 1.54) is 19.3 Å². The van der Waals surface area contributed by atoms with E-state index in [0.29, 0.717) is 5.92 Å². The van der Waals surface area contributed by atoms with E-state index in [1.807, 2.05) is 0 Å². The third-order valence-electron chi connectivity index (χ3n) is 2.52. The van der Waals surface area contributed by atoms with Crippen LogP contribution in [-0.4, -0.2) is 24.3 Å². The Balaban J connectivity index is 2.18. The number of nitrogens with one attached hydrogen (secondary N) is 1. The maximum Gasteiger partial charge on any atom is 0.0693 e. The van der Waals surface area contributed by atoms with Gasteiger partial charge in [-0.3, -0.25) is 0 Å². The van der Waals surface area contributed by atoms with Gasteiger partial charge < -0.3 is 10.4 Å². The number of unbranched alkanes of at least 4 members (excludes halogenated alkanes) is 1. The van der Waals surface area contributed by atoms with Crippen LogP contribution in [0.4, 0.5) is 0 Å². The molecule has 0 aliphatic carbocycles. The molecule has 2 nitrogen and oxygen atoms in total. The fraction of sp³-hybridized carbons (Fsp3) is 1.00. The first-order chi connectivity index (χ1) is 5.34. The van der Waals surface area contributed by atoms with Crippen LogP contribution in [0.15, 0.2) is 0 Å². The summed E-state index contributed by atoms with van der Waals surface area (Å²) < 4.78 is 0. The lowest BCUT2D eigenvalue weighted by Crippen LogP contribution is -2.40. The zero-order valence-corrected chi connectivity index (χ0v) is 7.34. The lowest BCUT2D eigenvalue weighted by molar-refractivity contribution is 0.0760. The summed E-state index contributed by atoms with van der Waals surface area (Å²) in [6.07, 6.45) is 4.79. The molecule has 0 amide bonds. The molecule has 1 aliphatic rings. The minimum atomic E-state index is -0.0877. The third kappa shape index (κ3) is 2.80. The number of β-amino-alcohol motifs (C(OH)–C–C–N with tert-alkyl or cyclic N) is 1. The van der Waals surface area contributed by atoms with E-state index in [0.717, 1.165) is 19.5 Å². The van der Waals surface area contributed by atoms with Gasteiger partial charge in [0.05, 0.1) is 6.10 Å². The van der Waals surface area contributed by atoms with Gasteiger partial charge in [0, 0.05) is 6.54 Å². The molecule has 1 fully saturated rings. The molecule has 1 unspecified atom stereocenters. The van der Waals surface area contributed by atoms with E-state index >= 15 is 0 Å². The smallest absolute Gasteiger partial charge is 0.0693 e. The number of rotatable bonds is 3. The van der Waals surface area contributed by atoms with Gasteiger partial charge in [0.2, 0.25) is 0 Å². The van der Waals surface area contributed by atoms with Gasteiger partial charge in [0.1, 0.15) is 0 Å². The molecule has 1 saturated heterocycles. The van der Waals surface area contributed by atoms with E-state index in [-0.39, 0.29) is 6.10 Å². The summed E-state index contributed by atoms with van der Waals surface area (Å²) in [6.45, 7) is 4.09. The second-order valence-electron chi connectivity index (χ2n) is 3.46. The molecular formula is C9H19NO. The van der Waals surface area contributed by atoms with Gasteiger partial charge in [-0.25, -0.2) is 0 Å². The Bertz CT molecular complexity index is 106. The van der Waals surface area contributed by atoms with Crippen LogP contribution in [0.25, 0.3) is 0 Å². The van der Waals surface area contributed by atoms with E-state index < -0.39 is 0 Å². The van der Waals surface area contributed by atoms with Crippen LogP contribution in [0.3, 0.4) is 0 Å². The van der Waals surface area contributed by atoms with Crippen molar-refractivity contribution in [3.05, 3.63) is 0 Å². The summed E-state index contributed by atoms with van der Waals surface area (Å²) >= 11 is 0. The SMILES string of the molecule is CCCCC1CCNC[C@@H]1O. The first-order valence-electron chi connectivity index (χ1n) is 4.73. The Labute approximate surface area is 69.0 Å². The largest absolute Gasteiger partial charge is 0.392 e. The predicted octanol–water partition coefficient (Wildman–Crippen LogP) is 1.15. The number of aliphatic hydroxyl groups excluding tert-OH is 1. The maximum atomic E-state index is 9.53. The average Bonchev–Trinajstić information content (AvgIpc) is 2.03. The first kappa shape index (κ1) is 9.01. The normalized spacial score (nSPS) is 32.2. The Morgan fingerprint density at radius 3 is 3.00 bits per heavy atom. The molecule has 0 aromatic carbocycles. The zero-order valence-electron chi connectivity index (χ0n) is 7.34. The topological polar surface area (TPSA) is 32.3 Å². The molecule has 11 heavy (non-hydrogen) atoms. The molecule has 1 aliphatic heterocycles. The van der Waals surface area contributed by atoms with Crippen molar-refractivity contribution < 1.29 is 5.11 Å². The summed E-state index contributed by atoms with van der Waals surface area (Å²) in [5.41, 5.74) is 0. The van der Waals surface area contributed by atoms with Crippen LogP contribution >= 0.6 is 0 Å². The Hall–Kier alpha value is -0.0800. The summed E-state index contributed by atoms with van der Waals surface area (Å²) in [4.78, 5) is 0. The van der Waals surface area contributed by atoms with Gasteiger partial charge in [-0.2, -0.15) is 0 Å². The highest BCUT2D eigenvalue weighted by Crippen LogP contribution is 2.18. The van der Waals surface area contributed by atoms with Gasteiger partial charge in [0.25, 0.3) is 0 Å². The van der Waals surface area contributed by atoms with Gasteiger partial charge in [0.15, 0.2) is 0 Å². The van der Waals surface area contributed by atoms with Crippen molar-refractivity contribution in [2.75, 3.05) is 13.1 Å². The van der Waals surface area contributed by atoms with Gasteiger partial charge in [-0.05, 0) is 25.3 Å². The van der Waals surface area contributed by atoms with Crippen LogP contribution in [0.2, 0.25) is 0 Å². The van der Waals surface area contributed by atoms with E-state index in [2.05, 4.69) is 12.2 Å². The minimum Gasteiger partial charge on any atom is -0.392 e. The molecule has 2 N–H and O–H groups in total. The summed E-state index contributed by atoms with van der Waals surface area (Å²) in [7, 11) is 0. The van der Waals surface area contributed by atoms with Gasteiger partial charge in [-0.1, -0.05) is 19.8 Å². The summed E-state index contributed by atoms with van der Waals surface area (Å²) in [5.74, 6) is 0.566. The average molecular weight is 157 g/mol. The first-order valence-corrected chi connectivity index (χ1v) is 4.73. The molecule has 1 rings (SSSR count). The van der Waals surface area contributed by atoms with Crippen molar-refractivity contribution in [3.8, 4) is 0 Å². The zero-order chi connectivity index (χ0) is 8.10. The van der Waals surface area contributed by atoms with Crippen LogP contribution in [0, 0.1) is 5.92 Å². The van der Waals surface area contributed by atoms with Gasteiger partial charge >= 0.3 is 0 Å². The minimum absolute atomic E-state index is 0.0877. The fourth-order valence-corrected chi connectivity index (χ4v) is 1.70. The van der Waals surface area contributed by atoms with Crippen molar-refractivity contribution in [1.29, 1.82) is 0 Å². The molecule has 0 bridgehead atoms. The van der Waals surface area contributed by atoms with Crippen LogP contribution in [0.5, 0.6) is 0 Å². The molecule has 0 aromatic rings. The van der Waals surface area contributed by atoms with E-state index in [9.17, 15) is 5.11 Å². The number of hydrogen-bond acceptors (Lipinski definition) is 2. The van der Waals surface area contributed by atoms with Crippen LogP contribution in [0.1, 0.15) is 32.6 Å². The number of hydrogen-bond donors (Lipinski definition) is 2. The van der Waals surface area contributed by atoms with E-state index in [1.54, 1.807) is 0 Å². The van der Waals surface area contributed by atoms with Crippen molar-refractivity contribution in [1.82, 2.24) is 5.32 Å². The number of aliphatic hydroxyl groups is 1. The number of piperidine rings is 1. The Morgan fingerprint density at radius 1 is 1.55 bits per heavy atom. The fourth-order valence-electron chi connectivity index (χ4n) is 1.70. The molecule has 0 spiro atoms. The highest BCUT2D eigenvalue weighted by molar-refractivity contribution is 4.76. The molecular weight excluding hydrogens is 138 g/mol. The molecule has 0 saturated carbocycles. The second-order valence-corrected chi connectivity index (χ2v) is 3.46. The van der Waals surface area contributed by atoms with Crippen molar-refractivity contribution in [2.24, 2.45) is 5.92 Å². The van der Waals surface area contributed by atoms with Crippen molar-refractivity contribution >= 4 is 0 Å². The highest BCUT2D eigenvalue weighted by atomic mass is 16.3. The third-order valence-corrected chi connectivity index (χ3v) is 2.52. The van der Waals surface area contributed by atoms with Crippen molar-refractivity contribution in [3.63, 3.8) is 0 Å². The van der Waals surface area contributed by atoms with E-state index in [4.69, 9.17) is 0 Å². The molecule has 2 atom stereocenters. The van der Waals surface area contributed by atoms with Gasteiger partial charge in [-0.15, -0.1) is 0 Å². The quantitative estimate of drug-likeness (QED) is 0.644. The Kier molecular flexibility index (Phi) is 3.87. The molecule has 66 valence electrons. The van der Waals surface area contributed by atoms with Crippen molar-refractivity contribution in [2.45, 2.75) is 38.7 Å². The molecule has 2 heteroatoms. The highest BCUT2D eigenvalue weighted by Gasteiger charge is 2.21. The summed E-state index contributed by atoms with van der Waals surface area (Å²) in [6, 6.07) is 0. The van der Waals surface area contributed by atoms with Crippen LogP contribution < -0.4 is 5.32 Å². The predicted molar refractivity (Wildman–Crippen MR) is 46.5 cm³/mol. The lowest BCUT2D eigenvalue weighted by Gasteiger charge is -2.28.